The average Bonchev–Trinajstić information content (AvgIpc) is 2.38. The molecule has 0 saturated heterocycles. The van der Waals surface area contributed by atoms with Crippen LogP contribution in [0.1, 0.15) is 32.8 Å². The van der Waals surface area contributed by atoms with Gasteiger partial charge >= 0.3 is 0 Å². The van der Waals surface area contributed by atoms with Crippen molar-refractivity contribution in [2.45, 2.75) is 39.8 Å². The first-order valence-corrected chi connectivity index (χ1v) is 6.84. The molecule has 1 aliphatic heterocycles. The number of nitrogens with two attached hydrogens (primary N) is 1. The number of carbonyl (C=O) groups excluding carboxylic acids is 1. The molecule has 0 bridgehead atoms. The highest BCUT2D eigenvalue weighted by atomic mass is 16.5. The zero-order valence-corrected chi connectivity index (χ0v) is 11.8. The van der Waals surface area contributed by atoms with E-state index >= 15 is 0 Å². The molecule has 104 valence electrons. The van der Waals surface area contributed by atoms with Gasteiger partial charge in [0.15, 0.2) is 6.10 Å². The van der Waals surface area contributed by atoms with Crippen LogP contribution < -0.4 is 15.4 Å². The number of amides is 1. The van der Waals surface area contributed by atoms with E-state index in [1.54, 1.807) is 6.92 Å². The van der Waals surface area contributed by atoms with Gasteiger partial charge in [-0.15, -0.1) is 0 Å². The lowest BCUT2D eigenvalue weighted by Gasteiger charge is -2.33. The van der Waals surface area contributed by atoms with E-state index in [4.69, 9.17) is 10.5 Å². The summed E-state index contributed by atoms with van der Waals surface area (Å²) < 4.78 is 5.68. The van der Waals surface area contributed by atoms with Crippen LogP contribution in [0.2, 0.25) is 0 Å². The number of benzene rings is 1. The van der Waals surface area contributed by atoms with E-state index in [1.807, 2.05) is 23.1 Å². The van der Waals surface area contributed by atoms with Gasteiger partial charge in [-0.1, -0.05) is 19.9 Å². The second-order valence-electron chi connectivity index (χ2n) is 5.44. The third-order valence-electron chi connectivity index (χ3n) is 3.40. The third kappa shape index (κ3) is 2.89. The Labute approximate surface area is 114 Å². The van der Waals surface area contributed by atoms with Gasteiger partial charge in [0, 0.05) is 13.1 Å². The minimum atomic E-state index is -0.423. The smallest absolute Gasteiger partial charge is 0.267 e. The van der Waals surface area contributed by atoms with Gasteiger partial charge in [-0.2, -0.15) is 0 Å². The zero-order valence-electron chi connectivity index (χ0n) is 11.8. The molecule has 19 heavy (non-hydrogen) atoms. The number of anilines is 1. The monoisotopic (exact) mass is 262 g/mol. The molecule has 2 rings (SSSR count). The maximum absolute atomic E-state index is 12.2. The molecule has 4 heteroatoms. The summed E-state index contributed by atoms with van der Waals surface area (Å²) in [6.07, 6.45) is 0.559. The Morgan fingerprint density at radius 2 is 2.16 bits per heavy atom. The normalized spacial score (nSPS) is 18.5. The topological polar surface area (TPSA) is 55.6 Å². The number of nitrogens with zero attached hydrogens (tertiary/aromatic N) is 1. The maximum Gasteiger partial charge on any atom is 0.267 e. The van der Waals surface area contributed by atoms with Crippen LogP contribution in [0.4, 0.5) is 5.69 Å². The van der Waals surface area contributed by atoms with Gasteiger partial charge in [0.1, 0.15) is 5.75 Å². The molecule has 0 aliphatic carbocycles. The van der Waals surface area contributed by atoms with Crippen LogP contribution in [-0.2, 0) is 11.3 Å². The predicted octanol–water partition coefficient (Wildman–Crippen LogP) is 2.31. The molecule has 1 aliphatic rings. The molecule has 0 radical (unpaired) electrons. The molecule has 2 N–H and O–H groups in total. The van der Waals surface area contributed by atoms with Gasteiger partial charge in [-0.3, -0.25) is 4.79 Å². The minimum Gasteiger partial charge on any atom is -0.479 e. The Balaban J connectivity index is 2.30. The van der Waals surface area contributed by atoms with Gasteiger partial charge in [0.05, 0.1) is 5.69 Å². The second-order valence-corrected chi connectivity index (χ2v) is 5.44. The van der Waals surface area contributed by atoms with Crippen molar-refractivity contribution >= 4 is 11.6 Å². The van der Waals surface area contributed by atoms with Crippen molar-refractivity contribution in [3.05, 3.63) is 23.8 Å². The van der Waals surface area contributed by atoms with E-state index < -0.39 is 6.10 Å². The number of fused-ring (bicyclic) bond motifs is 1. The van der Waals surface area contributed by atoms with Gasteiger partial charge in [0.2, 0.25) is 0 Å². The molecule has 0 saturated carbocycles. The van der Waals surface area contributed by atoms with E-state index in [1.165, 1.54) is 0 Å². The van der Waals surface area contributed by atoms with E-state index in [0.29, 0.717) is 12.5 Å². The molecule has 0 aromatic heterocycles. The van der Waals surface area contributed by atoms with Crippen molar-refractivity contribution in [2.24, 2.45) is 11.7 Å². The molecule has 1 amide bonds. The van der Waals surface area contributed by atoms with Crippen LogP contribution in [0.5, 0.6) is 5.75 Å². The number of ether oxygens (including phenoxy) is 1. The summed E-state index contributed by atoms with van der Waals surface area (Å²) in [7, 11) is 0. The zero-order chi connectivity index (χ0) is 14.0. The molecule has 1 aromatic rings. The molecular weight excluding hydrogens is 240 g/mol. The summed E-state index contributed by atoms with van der Waals surface area (Å²) in [6, 6.07) is 5.82. The highest BCUT2D eigenvalue weighted by Gasteiger charge is 2.31. The summed E-state index contributed by atoms with van der Waals surface area (Å²) in [6.45, 7) is 7.33. The second kappa shape index (κ2) is 5.61. The van der Waals surface area contributed by atoms with Crippen LogP contribution in [0.15, 0.2) is 18.2 Å². The molecule has 1 atom stereocenters. The molecule has 1 heterocycles. The van der Waals surface area contributed by atoms with E-state index in [2.05, 4.69) is 13.8 Å². The average molecular weight is 262 g/mol. The lowest BCUT2D eigenvalue weighted by Crippen LogP contribution is -2.45. The quantitative estimate of drug-likeness (QED) is 0.906. The standard InChI is InChI=1S/C15H22N2O2/c1-10(2)6-7-17-13-5-4-12(9-16)8-14(13)19-11(3)15(17)18/h4-5,8,10-11H,6-7,9,16H2,1-3H3. The first-order chi connectivity index (χ1) is 9.02. The highest BCUT2D eigenvalue weighted by molar-refractivity contribution is 5.99. The van der Waals surface area contributed by atoms with Gasteiger partial charge < -0.3 is 15.4 Å². The molecule has 1 aromatic carbocycles. The Bertz CT molecular complexity index is 471. The lowest BCUT2D eigenvalue weighted by atomic mass is 10.1. The van der Waals surface area contributed by atoms with Gasteiger partial charge in [-0.05, 0) is 37.0 Å². The number of rotatable bonds is 4. The number of hydrogen-bond acceptors (Lipinski definition) is 3. The Kier molecular flexibility index (Phi) is 4.10. The fourth-order valence-electron chi connectivity index (χ4n) is 2.20. The Morgan fingerprint density at radius 1 is 1.42 bits per heavy atom. The van der Waals surface area contributed by atoms with Crippen LogP contribution in [0.25, 0.3) is 0 Å². The predicted molar refractivity (Wildman–Crippen MR) is 76.2 cm³/mol. The fraction of sp³-hybridized carbons (Fsp3) is 0.533. The minimum absolute atomic E-state index is 0.0358. The molecular formula is C15H22N2O2. The maximum atomic E-state index is 12.2. The largest absolute Gasteiger partial charge is 0.479 e. The van der Waals surface area contributed by atoms with Crippen molar-refractivity contribution in [3.63, 3.8) is 0 Å². The highest BCUT2D eigenvalue weighted by Crippen LogP contribution is 2.35. The van der Waals surface area contributed by atoms with Crippen molar-refractivity contribution < 1.29 is 9.53 Å². The molecule has 4 nitrogen and oxygen atoms in total. The summed E-state index contributed by atoms with van der Waals surface area (Å²) in [5.74, 6) is 1.37. The van der Waals surface area contributed by atoms with E-state index in [-0.39, 0.29) is 5.91 Å². The first-order valence-electron chi connectivity index (χ1n) is 6.84. The number of hydrogen-bond donors (Lipinski definition) is 1. The summed E-state index contributed by atoms with van der Waals surface area (Å²) in [5, 5.41) is 0. The Morgan fingerprint density at radius 3 is 2.79 bits per heavy atom. The van der Waals surface area contributed by atoms with Gasteiger partial charge in [0.25, 0.3) is 5.91 Å². The van der Waals surface area contributed by atoms with E-state index in [0.717, 1.165) is 30.0 Å². The SMILES string of the molecule is CC(C)CCN1C(=O)C(C)Oc2cc(CN)ccc21. The first kappa shape index (κ1) is 13.9. The van der Waals surface area contributed by atoms with Crippen LogP contribution in [-0.4, -0.2) is 18.6 Å². The third-order valence-corrected chi connectivity index (χ3v) is 3.40. The summed E-state index contributed by atoms with van der Waals surface area (Å²) >= 11 is 0. The van der Waals surface area contributed by atoms with Crippen molar-refractivity contribution in [1.82, 2.24) is 0 Å². The molecule has 0 fully saturated rings. The van der Waals surface area contributed by atoms with Crippen LogP contribution >= 0.6 is 0 Å². The Hall–Kier alpha value is -1.55. The molecule has 1 unspecified atom stereocenters. The lowest BCUT2D eigenvalue weighted by molar-refractivity contribution is -0.125. The van der Waals surface area contributed by atoms with Crippen LogP contribution in [0, 0.1) is 5.92 Å². The summed E-state index contributed by atoms with van der Waals surface area (Å²) in [5.41, 5.74) is 7.52. The van der Waals surface area contributed by atoms with Crippen LogP contribution in [0.3, 0.4) is 0 Å². The molecule has 0 spiro atoms. The fourth-order valence-corrected chi connectivity index (χ4v) is 2.20. The van der Waals surface area contributed by atoms with Crippen molar-refractivity contribution in [2.75, 3.05) is 11.4 Å². The van der Waals surface area contributed by atoms with Gasteiger partial charge in [-0.25, -0.2) is 0 Å². The van der Waals surface area contributed by atoms with Crippen molar-refractivity contribution in [3.8, 4) is 5.75 Å². The number of carbonyl (C=O) groups is 1. The van der Waals surface area contributed by atoms with Crippen molar-refractivity contribution in [1.29, 1.82) is 0 Å². The summed E-state index contributed by atoms with van der Waals surface area (Å²) in [4.78, 5) is 14.1. The van der Waals surface area contributed by atoms with E-state index in [9.17, 15) is 4.79 Å².